The fraction of sp³-hybridized carbons (Fsp3) is 1.00. The Morgan fingerprint density at radius 1 is 1.13 bits per heavy atom. The first kappa shape index (κ1) is 14.9. The van der Waals surface area contributed by atoms with E-state index in [0.717, 1.165) is 13.2 Å². The van der Waals surface area contributed by atoms with Crippen LogP contribution in [-0.4, -0.2) is 37.7 Å². The molecule has 0 aliphatic carbocycles. The number of hydrogen-bond acceptors (Lipinski definition) is 2. The van der Waals surface area contributed by atoms with E-state index in [0.29, 0.717) is 5.54 Å². The van der Waals surface area contributed by atoms with Crippen molar-refractivity contribution in [2.45, 2.75) is 58.4 Å². The highest BCUT2D eigenvalue weighted by atomic mass is 16.5. The highest BCUT2D eigenvalue weighted by Gasteiger charge is 2.26. The van der Waals surface area contributed by atoms with E-state index >= 15 is 0 Å². The lowest BCUT2D eigenvalue weighted by atomic mass is 9.88. The van der Waals surface area contributed by atoms with Crippen LogP contribution in [0.3, 0.4) is 0 Å². The third-order valence-corrected chi connectivity index (χ3v) is 3.41. The zero-order chi connectivity index (χ0) is 11.7. The highest BCUT2D eigenvalue weighted by Crippen LogP contribution is 2.26. The minimum Gasteiger partial charge on any atom is -0.383 e. The fourth-order valence-corrected chi connectivity index (χ4v) is 2.10. The monoisotopic (exact) mass is 215 g/mol. The molecule has 92 valence electrons. The molecule has 0 aromatic rings. The van der Waals surface area contributed by atoms with Crippen molar-refractivity contribution in [2.75, 3.05) is 27.3 Å². The molecule has 0 N–H and O–H groups in total. The molecule has 0 aromatic heterocycles. The summed E-state index contributed by atoms with van der Waals surface area (Å²) in [7, 11) is 4.00. The zero-order valence-corrected chi connectivity index (χ0v) is 11.3. The standard InChI is InChI=1S/C13H29NO/c1-6-8-10-13(3,9-7-2)14(4)11-12-15-5/h6-12H2,1-5H3. The average Bonchev–Trinajstić information content (AvgIpc) is 2.23. The summed E-state index contributed by atoms with van der Waals surface area (Å²) in [6.07, 6.45) is 6.47. The highest BCUT2D eigenvalue weighted by molar-refractivity contribution is 4.83. The first-order chi connectivity index (χ1) is 7.10. The molecule has 2 heteroatoms. The van der Waals surface area contributed by atoms with Gasteiger partial charge in [-0.2, -0.15) is 0 Å². The summed E-state index contributed by atoms with van der Waals surface area (Å²) in [6, 6.07) is 0. The van der Waals surface area contributed by atoms with E-state index < -0.39 is 0 Å². The number of ether oxygens (including phenoxy) is 1. The Labute approximate surface area is 96.0 Å². The number of rotatable bonds is 9. The Balaban J connectivity index is 4.18. The van der Waals surface area contributed by atoms with E-state index in [1.54, 1.807) is 7.11 Å². The number of unbranched alkanes of at least 4 members (excludes halogenated alkanes) is 1. The maximum absolute atomic E-state index is 5.15. The van der Waals surface area contributed by atoms with Crippen LogP contribution in [0, 0.1) is 0 Å². The SMILES string of the molecule is CCCCC(C)(CCC)N(C)CCOC. The molecule has 1 unspecified atom stereocenters. The van der Waals surface area contributed by atoms with Gasteiger partial charge < -0.3 is 4.74 Å². The van der Waals surface area contributed by atoms with Gasteiger partial charge in [0.2, 0.25) is 0 Å². The lowest BCUT2D eigenvalue weighted by Crippen LogP contribution is -2.45. The van der Waals surface area contributed by atoms with Gasteiger partial charge in [0.25, 0.3) is 0 Å². The average molecular weight is 215 g/mol. The van der Waals surface area contributed by atoms with Crippen molar-refractivity contribution in [3.8, 4) is 0 Å². The summed E-state index contributed by atoms with van der Waals surface area (Å²) in [6.45, 7) is 8.80. The van der Waals surface area contributed by atoms with Gasteiger partial charge >= 0.3 is 0 Å². The molecule has 0 fully saturated rings. The Morgan fingerprint density at radius 2 is 1.80 bits per heavy atom. The van der Waals surface area contributed by atoms with Gasteiger partial charge in [-0.05, 0) is 26.8 Å². The van der Waals surface area contributed by atoms with E-state index in [2.05, 4.69) is 32.7 Å². The molecule has 15 heavy (non-hydrogen) atoms. The predicted octanol–water partition coefficient (Wildman–Crippen LogP) is 3.31. The van der Waals surface area contributed by atoms with Crippen molar-refractivity contribution < 1.29 is 4.74 Å². The maximum Gasteiger partial charge on any atom is 0.0589 e. The zero-order valence-electron chi connectivity index (χ0n) is 11.3. The molecule has 2 nitrogen and oxygen atoms in total. The Hall–Kier alpha value is -0.0800. The molecular formula is C13H29NO. The van der Waals surface area contributed by atoms with Crippen molar-refractivity contribution in [3.05, 3.63) is 0 Å². The molecule has 0 spiro atoms. The minimum atomic E-state index is 0.364. The summed E-state index contributed by atoms with van der Waals surface area (Å²) in [4.78, 5) is 2.47. The second kappa shape index (κ2) is 8.12. The molecule has 0 aliphatic rings. The van der Waals surface area contributed by atoms with E-state index in [9.17, 15) is 0 Å². The molecule has 0 saturated heterocycles. The topological polar surface area (TPSA) is 12.5 Å². The van der Waals surface area contributed by atoms with Gasteiger partial charge in [-0.25, -0.2) is 0 Å². The molecule has 0 bridgehead atoms. The van der Waals surface area contributed by atoms with Gasteiger partial charge in [0.1, 0.15) is 0 Å². The molecule has 0 aliphatic heterocycles. The number of nitrogens with zero attached hydrogens (tertiary/aromatic N) is 1. The summed E-state index contributed by atoms with van der Waals surface area (Å²) in [5.74, 6) is 0. The molecule has 0 saturated carbocycles. The van der Waals surface area contributed by atoms with Crippen LogP contribution in [0.1, 0.15) is 52.9 Å². The van der Waals surface area contributed by atoms with Crippen LogP contribution in [0.4, 0.5) is 0 Å². The second-order valence-corrected chi connectivity index (χ2v) is 4.76. The largest absolute Gasteiger partial charge is 0.383 e. The quantitative estimate of drug-likeness (QED) is 0.585. The van der Waals surface area contributed by atoms with Gasteiger partial charge in [-0.3, -0.25) is 4.90 Å². The van der Waals surface area contributed by atoms with Crippen molar-refractivity contribution >= 4 is 0 Å². The van der Waals surface area contributed by atoms with Crippen LogP contribution in [0.25, 0.3) is 0 Å². The summed E-state index contributed by atoms with van der Waals surface area (Å²) in [5.41, 5.74) is 0.364. The van der Waals surface area contributed by atoms with Crippen LogP contribution in [0.5, 0.6) is 0 Å². The normalized spacial score (nSPS) is 15.6. The molecule has 0 heterocycles. The van der Waals surface area contributed by atoms with E-state index in [-0.39, 0.29) is 0 Å². The van der Waals surface area contributed by atoms with Gasteiger partial charge in [0.15, 0.2) is 0 Å². The maximum atomic E-state index is 5.15. The molecule has 0 aromatic carbocycles. The molecule has 1 atom stereocenters. The lowest BCUT2D eigenvalue weighted by Gasteiger charge is -2.39. The Morgan fingerprint density at radius 3 is 2.27 bits per heavy atom. The molecule has 0 radical (unpaired) electrons. The fourth-order valence-electron chi connectivity index (χ4n) is 2.10. The smallest absolute Gasteiger partial charge is 0.0589 e. The third kappa shape index (κ3) is 5.53. The predicted molar refractivity (Wildman–Crippen MR) is 67.3 cm³/mol. The Kier molecular flexibility index (Phi) is 8.07. The first-order valence-corrected chi connectivity index (χ1v) is 6.31. The van der Waals surface area contributed by atoms with Crippen molar-refractivity contribution in [1.82, 2.24) is 4.90 Å². The Bertz CT molecular complexity index is 149. The van der Waals surface area contributed by atoms with Gasteiger partial charge in [-0.1, -0.05) is 33.1 Å². The van der Waals surface area contributed by atoms with Gasteiger partial charge in [0, 0.05) is 19.2 Å². The number of likely N-dealkylation sites (N-methyl/N-ethyl adjacent to an activating group) is 1. The molecular weight excluding hydrogens is 186 g/mol. The van der Waals surface area contributed by atoms with Crippen LogP contribution >= 0.6 is 0 Å². The third-order valence-electron chi connectivity index (χ3n) is 3.41. The van der Waals surface area contributed by atoms with Gasteiger partial charge in [-0.15, -0.1) is 0 Å². The van der Waals surface area contributed by atoms with Crippen molar-refractivity contribution in [1.29, 1.82) is 0 Å². The molecule has 0 amide bonds. The van der Waals surface area contributed by atoms with Crippen LogP contribution in [-0.2, 0) is 4.74 Å². The minimum absolute atomic E-state index is 0.364. The molecule has 0 rings (SSSR count). The van der Waals surface area contributed by atoms with Crippen LogP contribution in [0.2, 0.25) is 0 Å². The van der Waals surface area contributed by atoms with Gasteiger partial charge in [0.05, 0.1) is 6.61 Å². The van der Waals surface area contributed by atoms with Crippen molar-refractivity contribution in [2.24, 2.45) is 0 Å². The second-order valence-electron chi connectivity index (χ2n) is 4.76. The van der Waals surface area contributed by atoms with E-state index in [1.807, 2.05) is 0 Å². The van der Waals surface area contributed by atoms with Crippen molar-refractivity contribution in [3.63, 3.8) is 0 Å². The number of hydrogen-bond donors (Lipinski definition) is 0. The number of methoxy groups -OCH3 is 1. The van der Waals surface area contributed by atoms with E-state index in [1.165, 1.54) is 32.1 Å². The summed E-state index contributed by atoms with van der Waals surface area (Å²) >= 11 is 0. The summed E-state index contributed by atoms with van der Waals surface area (Å²) in [5, 5.41) is 0. The first-order valence-electron chi connectivity index (χ1n) is 6.31. The lowest BCUT2D eigenvalue weighted by molar-refractivity contribution is 0.0750. The summed E-state index contributed by atoms with van der Waals surface area (Å²) < 4.78 is 5.15. The van der Waals surface area contributed by atoms with Crippen LogP contribution < -0.4 is 0 Å². The van der Waals surface area contributed by atoms with Crippen LogP contribution in [0.15, 0.2) is 0 Å². The van der Waals surface area contributed by atoms with E-state index in [4.69, 9.17) is 4.74 Å².